The van der Waals surface area contributed by atoms with E-state index in [0.717, 1.165) is 18.0 Å². The van der Waals surface area contributed by atoms with E-state index in [2.05, 4.69) is 32.4 Å². The van der Waals surface area contributed by atoms with Gasteiger partial charge in [0.15, 0.2) is 0 Å². The van der Waals surface area contributed by atoms with Crippen molar-refractivity contribution in [1.29, 1.82) is 0 Å². The lowest BCUT2D eigenvalue weighted by Gasteiger charge is -2.34. The van der Waals surface area contributed by atoms with Crippen LogP contribution in [0.5, 0.6) is 0 Å². The SMILES string of the molecule is CSc1cccc(NC(=O)C(=O)NCC(c2ccsc2)N2CCCCC2)c1. The number of likely N-dealkylation sites (tertiary alicyclic amines) is 1. The summed E-state index contributed by atoms with van der Waals surface area (Å²) in [5.41, 5.74) is 1.84. The van der Waals surface area contributed by atoms with Gasteiger partial charge >= 0.3 is 11.8 Å². The molecule has 144 valence electrons. The van der Waals surface area contributed by atoms with Crippen molar-refractivity contribution in [2.75, 3.05) is 31.2 Å². The van der Waals surface area contributed by atoms with Crippen molar-refractivity contribution in [3.05, 3.63) is 46.7 Å². The summed E-state index contributed by atoms with van der Waals surface area (Å²) in [5.74, 6) is -1.22. The van der Waals surface area contributed by atoms with Crippen LogP contribution in [0.2, 0.25) is 0 Å². The zero-order chi connectivity index (χ0) is 19.1. The van der Waals surface area contributed by atoms with E-state index in [1.165, 1.54) is 24.8 Å². The number of anilines is 1. The highest BCUT2D eigenvalue weighted by atomic mass is 32.2. The van der Waals surface area contributed by atoms with Gasteiger partial charge in [0, 0.05) is 17.1 Å². The van der Waals surface area contributed by atoms with Crippen LogP contribution in [0.4, 0.5) is 5.69 Å². The molecule has 1 unspecified atom stereocenters. The predicted molar refractivity (Wildman–Crippen MR) is 112 cm³/mol. The summed E-state index contributed by atoms with van der Waals surface area (Å²) in [4.78, 5) is 28.0. The maximum Gasteiger partial charge on any atom is 0.313 e. The highest BCUT2D eigenvalue weighted by Crippen LogP contribution is 2.26. The maximum atomic E-state index is 12.3. The molecule has 0 bridgehead atoms. The van der Waals surface area contributed by atoms with Gasteiger partial charge in [0.05, 0.1) is 6.04 Å². The molecule has 1 aromatic carbocycles. The molecule has 1 aromatic heterocycles. The Bertz CT molecular complexity index is 758. The van der Waals surface area contributed by atoms with Crippen molar-refractivity contribution in [1.82, 2.24) is 10.2 Å². The average molecular weight is 404 g/mol. The number of rotatable bonds is 6. The Balaban J connectivity index is 1.58. The van der Waals surface area contributed by atoms with Gasteiger partial charge in [0.2, 0.25) is 0 Å². The summed E-state index contributed by atoms with van der Waals surface area (Å²) < 4.78 is 0. The molecule has 1 aliphatic rings. The lowest BCUT2D eigenvalue weighted by molar-refractivity contribution is -0.136. The Morgan fingerprint density at radius 1 is 1.19 bits per heavy atom. The third-order valence-electron chi connectivity index (χ3n) is 4.75. The monoisotopic (exact) mass is 403 g/mol. The van der Waals surface area contributed by atoms with E-state index in [0.29, 0.717) is 12.2 Å². The van der Waals surface area contributed by atoms with Crippen LogP contribution in [-0.4, -0.2) is 42.6 Å². The molecule has 2 aromatic rings. The fourth-order valence-electron chi connectivity index (χ4n) is 3.31. The summed E-state index contributed by atoms with van der Waals surface area (Å²) in [6.45, 7) is 2.50. The molecular formula is C20H25N3O2S2. The topological polar surface area (TPSA) is 61.4 Å². The quantitative estimate of drug-likeness (QED) is 0.570. The largest absolute Gasteiger partial charge is 0.346 e. The van der Waals surface area contributed by atoms with Crippen molar-refractivity contribution >= 4 is 40.6 Å². The van der Waals surface area contributed by atoms with Crippen LogP contribution in [-0.2, 0) is 9.59 Å². The van der Waals surface area contributed by atoms with Gasteiger partial charge < -0.3 is 10.6 Å². The molecular weight excluding hydrogens is 378 g/mol. The Labute approximate surface area is 168 Å². The van der Waals surface area contributed by atoms with E-state index < -0.39 is 11.8 Å². The number of carbonyl (C=O) groups is 2. The molecule has 1 fully saturated rings. The zero-order valence-corrected chi connectivity index (χ0v) is 17.1. The van der Waals surface area contributed by atoms with E-state index in [1.54, 1.807) is 29.2 Å². The van der Waals surface area contributed by atoms with Gasteiger partial charge in [-0.05, 0) is 72.8 Å². The smallest absolute Gasteiger partial charge is 0.313 e. The molecule has 5 nitrogen and oxygen atoms in total. The molecule has 1 atom stereocenters. The summed E-state index contributed by atoms with van der Waals surface area (Å²) in [5, 5.41) is 9.68. The first-order valence-electron chi connectivity index (χ1n) is 9.17. The van der Waals surface area contributed by atoms with Crippen LogP contribution < -0.4 is 10.6 Å². The molecule has 7 heteroatoms. The average Bonchev–Trinajstić information content (AvgIpc) is 3.23. The number of piperidine rings is 1. The third-order valence-corrected chi connectivity index (χ3v) is 6.18. The summed E-state index contributed by atoms with van der Waals surface area (Å²) >= 11 is 3.25. The first-order valence-corrected chi connectivity index (χ1v) is 11.3. The Morgan fingerprint density at radius 3 is 2.70 bits per heavy atom. The Hall–Kier alpha value is -1.83. The van der Waals surface area contributed by atoms with Gasteiger partial charge in [-0.2, -0.15) is 11.3 Å². The summed E-state index contributed by atoms with van der Waals surface area (Å²) in [6.07, 6.45) is 5.59. The van der Waals surface area contributed by atoms with Crippen LogP contribution >= 0.6 is 23.1 Å². The number of benzene rings is 1. The second-order valence-electron chi connectivity index (χ2n) is 6.57. The second-order valence-corrected chi connectivity index (χ2v) is 8.22. The van der Waals surface area contributed by atoms with E-state index in [1.807, 2.05) is 24.5 Å². The fraction of sp³-hybridized carbons (Fsp3) is 0.400. The second kappa shape index (κ2) is 9.92. The van der Waals surface area contributed by atoms with Gasteiger partial charge in [0.25, 0.3) is 0 Å². The molecule has 0 aliphatic carbocycles. The number of hydrogen-bond acceptors (Lipinski definition) is 5. The summed E-state index contributed by atoms with van der Waals surface area (Å²) in [7, 11) is 0. The predicted octanol–water partition coefficient (Wildman–Crippen LogP) is 3.75. The molecule has 2 heterocycles. The number of thiophene rings is 1. The molecule has 3 rings (SSSR count). The molecule has 1 saturated heterocycles. The van der Waals surface area contributed by atoms with Gasteiger partial charge in [-0.1, -0.05) is 12.5 Å². The van der Waals surface area contributed by atoms with Crippen LogP contribution in [0.15, 0.2) is 46.0 Å². The van der Waals surface area contributed by atoms with Crippen LogP contribution in [0.25, 0.3) is 0 Å². The van der Waals surface area contributed by atoms with Crippen molar-refractivity contribution in [2.45, 2.75) is 30.2 Å². The lowest BCUT2D eigenvalue weighted by atomic mass is 10.0. The Kier molecular flexibility index (Phi) is 7.32. The summed E-state index contributed by atoms with van der Waals surface area (Å²) in [6, 6.07) is 9.69. The van der Waals surface area contributed by atoms with Gasteiger partial charge in [-0.25, -0.2) is 0 Å². The molecule has 0 radical (unpaired) electrons. The minimum Gasteiger partial charge on any atom is -0.346 e. The minimum atomic E-state index is -0.629. The highest BCUT2D eigenvalue weighted by Gasteiger charge is 2.24. The third kappa shape index (κ3) is 5.57. The standard InChI is InChI=1S/C20H25N3O2S2/c1-26-17-7-5-6-16(12-17)22-20(25)19(24)21-13-18(15-8-11-27-14-15)23-9-3-2-4-10-23/h5-8,11-12,14,18H,2-4,9-10,13H2,1H3,(H,21,24)(H,22,25). The van der Waals surface area contributed by atoms with Crippen molar-refractivity contribution in [3.63, 3.8) is 0 Å². The lowest BCUT2D eigenvalue weighted by Crippen LogP contribution is -2.43. The maximum absolute atomic E-state index is 12.3. The number of nitrogens with one attached hydrogen (secondary N) is 2. The van der Waals surface area contributed by atoms with Crippen LogP contribution in [0, 0.1) is 0 Å². The van der Waals surface area contributed by atoms with E-state index in [4.69, 9.17) is 0 Å². The molecule has 0 spiro atoms. The van der Waals surface area contributed by atoms with Crippen molar-refractivity contribution < 1.29 is 9.59 Å². The highest BCUT2D eigenvalue weighted by molar-refractivity contribution is 7.98. The number of nitrogens with zero attached hydrogens (tertiary/aromatic N) is 1. The van der Waals surface area contributed by atoms with Crippen LogP contribution in [0.3, 0.4) is 0 Å². The molecule has 2 N–H and O–H groups in total. The first-order chi connectivity index (χ1) is 13.2. The normalized spacial score (nSPS) is 15.9. The number of hydrogen-bond donors (Lipinski definition) is 2. The molecule has 27 heavy (non-hydrogen) atoms. The number of carbonyl (C=O) groups excluding carboxylic acids is 2. The Morgan fingerprint density at radius 2 is 2.00 bits per heavy atom. The van der Waals surface area contributed by atoms with Gasteiger partial charge in [-0.15, -0.1) is 11.8 Å². The van der Waals surface area contributed by atoms with Crippen molar-refractivity contribution in [2.24, 2.45) is 0 Å². The van der Waals surface area contributed by atoms with Crippen LogP contribution in [0.1, 0.15) is 30.9 Å². The van der Waals surface area contributed by atoms with E-state index in [9.17, 15) is 9.59 Å². The zero-order valence-electron chi connectivity index (χ0n) is 15.4. The number of thioether (sulfide) groups is 1. The molecule has 0 saturated carbocycles. The van der Waals surface area contributed by atoms with E-state index in [-0.39, 0.29) is 6.04 Å². The molecule has 2 amide bonds. The minimum absolute atomic E-state index is 0.119. The van der Waals surface area contributed by atoms with Gasteiger partial charge in [-0.3, -0.25) is 14.5 Å². The first kappa shape index (κ1) is 19.9. The number of amides is 2. The molecule has 1 aliphatic heterocycles. The van der Waals surface area contributed by atoms with Crippen molar-refractivity contribution in [3.8, 4) is 0 Å². The van der Waals surface area contributed by atoms with Gasteiger partial charge in [0.1, 0.15) is 0 Å². The fourth-order valence-corrected chi connectivity index (χ4v) is 4.48. The van der Waals surface area contributed by atoms with E-state index >= 15 is 0 Å².